The molecule has 0 radical (unpaired) electrons. The third-order valence-electron chi connectivity index (χ3n) is 6.02. The van der Waals surface area contributed by atoms with Crippen LogP contribution < -0.4 is 15.4 Å². The molecule has 2 amide bonds. The molecule has 0 aliphatic rings. The molecular formula is C27H25ClF3N9O3. The van der Waals surface area contributed by atoms with Crippen molar-refractivity contribution in [3.05, 3.63) is 76.5 Å². The number of aromatic nitrogens is 7. The van der Waals surface area contributed by atoms with Crippen molar-refractivity contribution in [2.75, 3.05) is 5.32 Å². The first-order valence-electron chi connectivity index (χ1n) is 12.7. The van der Waals surface area contributed by atoms with Gasteiger partial charge in [-0.1, -0.05) is 11.6 Å². The maximum Gasteiger partial charge on any atom is 0.435 e. The van der Waals surface area contributed by atoms with Crippen LogP contribution in [0, 0.1) is 6.92 Å². The molecule has 5 heterocycles. The number of hydrogen-bond donors (Lipinski definition) is 2. The van der Waals surface area contributed by atoms with E-state index in [1.165, 1.54) is 36.1 Å². The molecule has 2 N–H and O–H groups in total. The normalized spacial score (nSPS) is 12.0. The van der Waals surface area contributed by atoms with Crippen molar-refractivity contribution in [1.29, 1.82) is 0 Å². The largest absolute Gasteiger partial charge is 0.435 e. The summed E-state index contributed by atoms with van der Waals surface area (Å²) in [4.78, 5) is 31.5. The van der Waals surface area contributed by atoms with E-state index in [-0.39, 0.29) is 39.7 Å². The highest BCUT2D eigenvalue weighted by Crippen LogP contribution is 2.33. The lowest BCUT2D eigenvalue weighted by Crippen LogP contribution is -2.42. The number of carbonyl (C=O) groups is 2. The Hall–Kier alpha value is -4.92. The summed E-state index contributed by atoms with van der Waals surface area (Å²) in [5, 5.41) is 17.7. The SMILES string of the molecule is Cc1cc2ccnn2c(C(=O)NC(C)(C)C)c1NC(=O)c1cc(Oc2cc(C(F)(F)F)nn2C)nn1-c1ncccc1Cl. The second kappa shape index (κ2) is 10.7. The molecule has 0 bridgehead atoms. The highest BCUT2D eigenvalue weighted by atomic mass is 35.5. The first kappa shape index (κ1) is 29.6. The van der Waals surface area contributed by atoms with Gasteiger partial charge >= 0.3 is 6.18 Å². The molecule has 5 aromatic heterocycles. The Labute approximate surface area is 247 Å². The average molecular weight is 616 g/mol. The topological polar surface area (TPSA) is 133 Å². The molecular weight excluding hydrogens is 591 g/mol. The lowest BCUT2D eigenvalue weighted by Gasteiger charge is -2.22. The summed E-state index contributed by atoms with van der Waals surface area (Å²) in [5.74, 6) is -1.70. The van der Waals surface area contributed by atoms with E-state index >= 15 is 0 Å². The molecule has 16 heteroatoms. The van der Waals surface area contributed by atoms with Crippen LogP contribution in [0.2, 0.25) is 5.02 Å². The van der Waals surface area contributed by atoms with Crippen molar-refractivity contribution in [3.8, 4) is 17.6 Å². The van der Waals surface area contributed by atoms with Crippen molar-refractivity contribution in [2.45, 2.75) is 39.4 Å². The number of carbonyl (C=O) groups excluding carboxylic acids is 2. The molecule has 0 aliphatic carbocycles. The molecule has 0 aromatic carbocycles. The monoisotopic (exact) mass is 615 g/mol. The molecule has 43 heavy (non-hydrogen) atoms. The number of alkyl halides is 3. The summed E-state index contributed by atoms with van der Waals surface area (Å²) in [6.07, 6.45) is -1.75. The van der Waals surface area contributed by atoms with Crippen LogP contribution in [0.25, 0.3) is 11.3 Å². The predicted molar refractivity (Wildman–Crippen MR) is 150 cm³/mol. The smallest absolute Gasteiger partial charge is 0.419 e. The number of amides is 2. The summed E-state index contributed by atoms with van der Waals surface area (Å²) in [6.45, 7) is 7.17. The molecule has 0 aliphatic heterocycles. The summed E-state index contributed by atoms with van der Waals surface area (Å²) in [5.41, 5.74) is -0.460. The zero-order valence-corrected chi connectivity index (χ0v) is 24.2. The number of anilines is 1. The number of nitrogens with zero attached hydrogens (tertiary/aromatic N) is 7. The summed E-state index contributed by atoms with van der Waals surface area (Å²) >= 11 is 6.35. The second-order valence-electron chi connectivity index (χ2n) is 10.6. The Morgan fingerprint density at radius 3 is 2.42 bits per heavy atom. The van der Waals surface area contributed by atoms with Gasteiger partial charge in [0.05, 0.1) is 22.4 Å². The van der Waals surface area contributed by atoms with E-state index in [0.29, 0.717) is 17.1 Å². The van der Waals surface area contributed by atoms with Gasteiger partial charge in [-0.2, -0.15) is 23.4 Å². The van der Waals surface area contributed by atoms with Crippen LogP contribution in [-0.2, 0) is 13.2 Å². The van der Waals surface area contributed by atoms with Gasteiger partial charge in [-0.3, -0.25) is 9.59 Å². The molecule has 0 fully saturated rings. The van der Waals surface area contributed by atoms with E-state index in [4.69, 9.17) is 16.3 Å². The van der Waals surface area contributed by atoms with Gasteiger partial charge in [0.25, 0.3) is 11.8 Å². The molecule has 5 rings (SSSR count). The summed E-state index contributed by atoms with van der Waals surface area (Å²) in [7, 11) is 1.27. The molecule has 0 saturated heterocycles. The Morgan fingerprint density at radius 1 is 1.02 bits per heavy atom. The van der Waals surface area contributed by atoms with Crippen molar-refractivity contribution < 1.29 is 27.5 Å². The zero-order chi connectivity index (χ0) is 31.3. The van der Waals surface area contributed by atoms with Gasteiger partial charge in [-0.05, 0) is 57.5 Å². The van der Waals surface area contributed by atoms with E-state index in [2.05, 4.69) is 30.9 Å². The lowest BCUT2D eigenvalue weighted by molar-refractivity contribution is -0.141. The number of aryl methyl sites for hydroxylation is 2. The van der Waals surface area contributed by atoms with Gasteiger partial charge in [-0.25, -0.2) is 18.9 Å². The van der Waals surface area contributed by atoms with E-state index < -0.39 is 29.2 Å². The van der Waals surface area contributed by atoms with E-state index in [0.717, 1.165) is 9.36 Å². The molecule has 5 aromatic rings. The minimum atomic E-state index is -4.70. The fourth-order valence-corrected chi connectivity index (χ4v) is 4.40. The number of halogens is 4. The third-order valence-corrected chi connectivity index (χ3v) is 6.31. The predicted octanol–water partition coefficient (Wildman–Crippen LogP) is 5.20. The average Bonchev–Trinajstić information content (AvgIpc) is 3.62. The standard InChI is InChI=1S/C27H25ClF3N9O3/c1-14-11-15-8-10-33-39(15)22(25(42)35-26(2,3)4)21(14)34-24(41)17-12-19(37-40(17)23-16(28)7-6-9-32-23)43-20-13-18(27(29,30)31)36-38(20)5/h6-13H,1-5H3,(H,34,41)(H,35,42). The minimum Gasteiger partial charge on any atom is -0.419 e. The number of rotatable bonds is 6. The molecule has 0 spiro atoms. The van der Waals surface area contributed by atoms with E-state index in [1.807, 2.05) is 20.8 Å². The van der Waals surface area contributed by atoms with Crippen LogP contribution in [-0.4, -0.2) is 51.5 Å². The molecule has 0 saturated carbocycles. The minimum absolute atomic E-state index is 0.0510. The fraction of sp³-hybridized carbons (Fsp3) is 0.259. The number of ether oxygens (including phenoxy) is 1. The summed E-state index contributed by atoms with van der Waals surface area (Å²) < 4.78 is 48.6. The Kier molecular flexibility index (Phi) is 7.38. The van der Waals surface area contributed by atoms with Crippen molar-refractivity contribution in [3.63, 3.8) is 0 Å². The van der Waals surface area contributed by atoms with Crippen LogP contribution in [0.5, 0.6) is 11.8 Å². The van der Waals surface area contributed by atoms with Gasteiger partial charge in [0, 0.05) is 30.9 Å². The number of hydrogen-bond acceptors (Lipinski definition) is 7. The van der Waals surface area contributed by atoms with Crippen molar-refractivity contribution >= 4 is 34.6 Å². The van der Waals surface area contributed by atoms with Gasteiger partial charge in [0.15, 0.2) is 17.2 Å². The van der Waals surface area contributed by atoms with Gasteiger partial charge in [0.2, 0.25) is 11.8 Å². The van der Waals surface area contributed by atoms with Crippen LogP contribution in [0.1, 0.15) is 53.0 Å². The highest BCUT2D eigenvalue weighted by molar-refractivity contribution is 6.32. The fourth-order valence-electron chi connectivity index (χ4n) is 4.20. The maximum atomic E-state index is 13.8. The van der Waals surface area contributed by atoms with Crippen LogP contribution in [0.4, 0.5) is 18.9 Å². The van der Waals surface area contributed by atoms with Crippen LogP contribution in [0.15, 0.2) is 48.8 Å². The third kappa shape index (κ3) is 6.02. The molecule has 0 unspecified atom stereocenters. The maximum absolute atomic E-state index is 13.8. The Bertz CT molecular complexity index is 1870. The van der Waals surface area contributed by atoms with E-state index in [1.54, 1.807) is 25.1 Å². The lowest BCUT2D eigenvalue weighted by atomic mass is 10.1. The summed E-state index contributed by atoms with van der Waals surface area (Å²) in [6, 6.07) is 8.47. The van der Waals surface area contributed by atoms with Crippen LogP contribution in [0.3, 0.4) is 0 Å². The Morgan fingerprint density at radius 2 is 1.77 bits per heavy atom. The second-order valence-corrected chi connectivity index (χ2v) is 11.0. The first-order valence-corrected chi connectivity index (χ1v) is 13.1. The molecule has 12 nitrogen and oxygen atoms in total. The van der Waals surface area contributed by atoms with Gasteiger partial charge in [0.1, 0.15) is 5.69 Å². The van der Waals surface area contributed by atoms with Gasteiger partial charge in [-0.15, -0.1) is 5.10 Å². The number of pyridine rings is 2. The van der Waals surface area contributed by atoms with Crippen LogP contribution >= 0.6 is 11.6 Å². The van der Waals surface area contributed by atoms with E-state index in [9.17, 15) is 22.8 Å². The van der Waals surface area contributed by atoms with Crippen molar-refractivity contribution in [1.82, 2.24) is 39.5 Å². The Balaban J connectivity index is 1.58. The number of fused-ring (bicyclic) bond motifs is 1. The number of nitrogens with one attached hydrogen (secondary N) is 2. The highest BCUT2D eigenvalue weighted by Gasteiger charge is 2.35. The first-order chi connectivity index (χ1) is 20.1. The quantitative estimate of drug-likeness (QED) is 0.268. The molecule has 0 atom stereocenters. The molecule has 224 valence electrons. The van der Waals surface area contributed by atoms with Crippen molar-refractivity contribution in [2.24, 2.45) is 7.05 Å². The van der Waals surface area contributed by atoms with Gasteiger partial charge < -0.3 is 15.4 Å². The zero-order valence-electron chi connectivity index (χ0n) is 23.5.